The van der Waals surface area contributed by atoms with Crippen molar-refractivity contribution in [1.29, 1.82) is 0 Å². The van der Waals surface area contributed by atoms with Crippen LogP contribution in [0, 0.1) is 10.1 Å². The van der Waals surface area contributed by atoms with E-state index in [9.17, 15) is 23.3 Å². The van der Waals surface area contributed by atoms with Gasteiger partial charge in [0.1, 0.15) is 0 Å². The Morgan fingerprint density at radius 1 is 1.26 bits per heavy atom. The van der Waals surface area contributed by atoms with Gasteiger partial charge in [-0.1, -0.05) is 18.2 Å². The Bertz CT molecular complexity index is 996. The maximum Gasteiger partial charge on any atom is 0.416 e. The molecule has 0 aliphatic heterocycles. The summed E-state index contributed by atoms with van der Waals surface area (Å²) in [7, 11) is 0. The molecule has 6 nitrogen and oxygen atoms in total. The molecule has 0 bridgehead atoms. The van der Waals surface area contributed by atoms with E-state index in [1.54, 1.807) is 12.1 Å². The Morgan fingerprint density at radius 3 is 2.59 bits per heavy atom. The van der Waals surface area contributed by atoms with E-state index in [1.807, 2.05) is 13.8 Å². The molecule has 0 fully saturated rings. The average molecular weight is 378 g/mol. The van der Waals surface area contributed by atoms with Gasteiger partial charge in [0.15, 0.2) is 0 Å². The number of anilines is 1. The molecule has 27 heavy (non-hydrogen) atoms. The summed E-state index contributed by atoms with van der Waals surface area (Å²) >= 11 is 0. The van der Waals surface area contributed by atoms with Crippen LogP contribution in [-0.4, -0.2) is 14.7 Å². The number of aromatic nitrogens is 2. The Morgan fingerprint density at radius 2 is 1.96 bits per heavy atom. The molecule has 0 spiro atoms. The number of para-hydroxylation sites is 1. The summed E-state index contributed by atoms with van der Waals surface area (Å²) in [6, 6.07) is 8.05. The number of rotatable bonds is 5. The summed E-state index contributed by atoms with van der Waals surface area (Å²) in [5, 5.41) is 18.7. The molecular formula is C18H17F3N4O2. The van der Waals surface area contributed by atoms with Gasteiger partial charge < -0.3 is 5.32 Å². The second-order valence-electron chi connectivity index (χ2n) is 6.38. The minimum Gasteiger partial charge on any atom is -0.380 e. The number of alkyl halides is 3. The third kappa shape index (κ3) is 3.71. The molecule has 0 saturated carbocycles. The Kier molecular flexibility index (Phi) is 4.77. The summed E-state index contributed by atoms with van der Waals surface area (Å²) in [6.07, 6.45) is -3.02. The van der Waals surface area contributed by atoms with Crippen LogP contribution >= 0.6 is 0 Å². The van der Waals surface area contributed by atoms with Crippen LogP contribution in [0.3, 0.4) is 0 Å². The van der Waals surface area contributed by atoms with Crippen LogP contribution in [-0.2, 0) is 12.7 Å². The summed E-state index contributed by atoms with van der Waals surface area (Å²) in [5.74, 6) is 0. The van der Waals surface area contributed by atoms with Gasteiger partial charge in [-0.15, -0.1) is 0 Å². The van der Waals surface area contributed by atoms with Crippen molar-refractivity contribution in [3.63, 3.8) is 0 Å². The third-order valence-corrected chi connectivity index (χ3v) is 4.19. The van der Waals surface area contributed by atoms with Crippen LogP contribution in [0.1, 0.15) is 31.0 Å². The summed E-state index contributed by atoms with van der Waals surface area (Å²) in [5.41, 5.74) is 0.0626. The van der Waals surface area contributed by atoms with Gasteiger partial charge in [0.2, 0.25) is 0 Å². The number of nitrogens with one attached hydrogen (secondary N) is 1. The zero-order chi connectivity index (χ0) is 19.8. The summed E-state index contributed by atoms with van der Waals surface area (Å²) in [6.45, 7) is 3.67. The van der Waals surface area contributed by atoms with Gasteiger partial charge >= 0.3 is 6.18 Å². The van der Waals surface area contributed by atoms with E-state index in [0.29, 0.717) is 16.5 Å². The van der Waals surface area contributed by atoms with Crippen molar-refractivity contribution in [1.82, 2.24) is 9.78 Å². The lowest BCUT2D eigenvalue weighted by Crippen LogP contribution is -2.09. The van der Waals surface area contributed by atoms with Crippen molar-refractivity contribution in [2.24, 2.45) is 0 Å². The minimum absolute atomic E-state index is 0.0143. The normalized spacial score (nSPS) is 11.9. The molecule has 0 radical (unpaired) electrons. The van der Waals surface area contributed by atoms with Crippen molar-refractivity contribution in [3.8, 4) is 0 Å². The quantitative estimate of drug-likeness (QED) is 0.492. The van der Waals surface area contributed by atoms with Crippen LogP contribution in [0.15, 0.2) is 42.6 Å². The monoisotopic (exact) mass is 378 g/mol. The fourth-order valence-corrected chi connectivity index (χ4v) is 2.90. The van der Waals surface area contributed by atoms with Crippen LogP contribution in [0.25, 0.3) is 10.9 Å². The molecule has 0 saturated heterocycles. The smallest absolute Gasteiger partial charge is 0.380 e. The molecule has 9 heteroatoms. The van der Waals surface area contributed by atoms with E-state index in [4.69, 9.17) is 0 Å². The number of hydrogen-bond donors (Lipinski definition) is 1. The van der Waals surface area contributed by atoms with Crippen molar-refractivity contribution >= 4 is 22.3 Å². The van der Waals surface area contributed by atoms with E-state index in [0.717, 1.165) is 12.1 Å². The predicted octanol–water partition coefficient (Wildman–Crippen LogP) is 5.16. The largest absolute Gasteiger partial charge is 0.416 e. The molecule has 3 aromatic rings. The molecule has 0 aliphatic rings. The van der Waals surface area contributed by atoms with Gasteiger partial charge in [-0.2, -0.15) is 18.3 Å². The minimum atomic E-state index is -4.52. The van der Waals surface area contributed by atoms with Crippen molar-refractivity contribution < 1.29 is 18.1 Å². The lowest BCUT2D eigenvalue weighted by molar-refractivity contribution is -0.385. The summed E-state index contributed by atoms with van der Waals surface area (Å²) in [4.78, 5) is 10.6. The first kappa shape index (κ1) is 18.7. The highest BCUT2D eigenvalue weighted by atomic mass is 19.4. The highest BCUT2D eigenvalue weighted by Gasteiger charge is 2.32. The number of benzene rings is 2. The topological polar surface area (TPSA) is 73.0 Å². The standard InChI is InChI=1S/C18H17F3N4O2/c1-11(2)24-17-8-13(18(19,20)21)7-15(14(17)10-23-24)22-9-12-5-3-4-6-16(12)25(26)27/h3-8,10-11,22H,9H2,1-2H3. The van der Waals surface area contributed by atoms with Crippen LogP contribution in [0.2, 0.25) is 0 Å². The zero-order valence-electron chi connectivity index (χ0n) is 14.6. The first-order valence-electron chi connectivity index (χ1n) is 8.23. The molecule has 0 amide bonds. The van der Waals surface area contributed by atoms with Crippen molar-refractivity contribution in [2.75, 3.05) is 5.32 Å². The van der Waals surface area contributed by atoms with Gasteiger partial charge in [0, 0.05) is 35.3 Å². The molecule has 0 unspecified atom stereocenters. The van der Waals surface area contributed by atoms with Crippen LogP contribution < -0.4 is 5.32 Å². The maximum absolute atomic E-state index is 13.3. The second-order valence-corrected chi connectivity index (χ2v) is 6.38. The highest BCUT2D eigenvalue weighted by Crippen LogP contribution is 2.36. The number of fused-ring (bicyclic) bond motifs is 1. The second kappa shape index (κ2) is 6.90. The van der Waals surface area contributed by atoms with E-state index in [2.05, 4.69) is 10.4 Å². The van der Waals surface area contributed by atoms with Crippen LogP contribution in [0.5, 0.6) is 0 Å². The fourth-order valence-electron chi connectivity index (χ4n) is 2.90. The summed E-state index contributed by atoms with van der Waals surface area (Å²) < 4.78 is 41.5. The lowest BCUT2D eigenvalue weighted by Gasteiger charge is -2.14. The Balaban J connectivity index is 2.05. The number of halogens is 3. The van der Waals surface area contributed by atoms with E-state index in [-0.39, 0.29) is 24.0 Å². The SMILES string of the molecule is CC(C)n1ncc2c(NCc3ccccc3[N+](=O)[O-])cc(C(F)(F)F)cc21. The molecule has 1 aromatic heterocycles. The Labute approximate surface area is 152 Å². The van der Waals surface area contributed by atoms with Gasteiger partial charge in [-0.25, -0.2) is 0 Å². The van der Waals surface area contributed by atoms with Crippen molar-refractivity contribution in [2.45, 2.75) is 32.6 Å². The molecule has 142 valence electrons. The third-order valence-electron chi connectivity index (χ3n) is 4.19. The molecule has 0 aliphatic carbocycles. The first-order chi connectivity index (χ1) is 12.7. The highest BCUT2D eigenvalue weighted by molar-refractivity contribution is 5.92. The fraction of sp³-hybridized carbons (Fsp3) is 0.278. The lowest BCUT2D eigenvalue weighted by atomic mass is 10.1. The average Bonchev–Trinajstić information content (AvgIpc) is 3.03. The maximum atomic E-state index is 13.3. The van der Waals surface area contributed by atoms with Gasteiger partial charge in [-0.3, -0.25) is 14.8 Å². The molecule has 2 aromatic carbocycles. The predicted molar refractivity (Wildman–Crippen MR) is 95.5 cm³/mol. The molecule has 3 rings (SSSR count). The number of nitro benzene ring substituents is 1. The Hall–Kier alpha value is -3.10. The molecule has 0 atom stereocenters. The van der Waals surface area contributed by atoms with Gasteiger partial charge in [0.05, 0.1) is 22.2 Å². The van der Waals surface area contributed by atoms with Crippen LogP contribution in [0.4, 0.5) is 24.5 Å². The van der Waals surface area contributed by atoms with Gasteiger partial charge in [-0.05, 0) is 26.0 Å². The van der Waals surface area contributed by atoms with Gasteiger partial charge in [0.25, 0.3) is 5.69 Å². The number of nitro groups is 1. The molecule has 1 N–H and O–H groups in total. The molecule has 1 heterocycles. The number of hydrogen-bond acceptors (Lipinski definition) is 4. The van der Waals surface area contributed by atoms with E-state index >= 15 is 0 Å². The zero-order valence-corrected chi connectivity index (χ0v) is 14.6. The van der Waals surface area contributed by atoms with Crippen molar-refractivity contribution in [3.05, 3.63) is 63.8 Å². The molecular weight excluding hydrogens is 361 g/mol. The number of nitrogens with zero attached hydrogens (tertiary/aromatic N) is 3. The first-order valence-corrected chi connectivity index (χ1v) is 8.23. The van der Waals surface area contributed by atoms with E-state index < -0.39 is 16.7 Å². The van der Waals surface area contributed by atoms with E-state index in [1.165, 1.54) is 23.0 Å².